The summed E-state index contributed by atoms with van der Waals surface area (Å²) in [4.78, 5) is 30.3. The van der Waals surface area contributed by atoms with E-state index in [-0.39, 0.29) is 23.7 Å². The van der Waals surface area contributed by atoms with Gasteiger partial charge in [-0.3, -0.25) is 9.59 Å². The Hall–Kier alpha value is -3.31. The van der Waals surface area contributed by atoms with Gasteiger partial charge in [0.1, 0.15) is 5.75 Å². The Balaban J connectivity index is 1.60. The number of methoxy groups -OCH3 is 1. The Morgan fingerprint density at radius 3 is 2.42 bits per heavy atom. The molecule has 0 N–H and O–H groups in total. The minimum atomic E-state index is -0.345. The first-order valence-corrected chi connectivity index (χ1v) is 11.3. The molecule has 0 radical (unpaired) electrons. The van der Waals surface area contributed by atoms with Crippen LogP contribution < -0.4 is 4.74 Å². The summed E-state index contributed by atoms with van der Waals surface area (Å²) in [6.45, 7) is 1.34. The molecule has 2 unspecified atom stereocenters. The molecule has 1 aliphatic heterocycles. The van der Waals surface area contributed by atoms with Crippen LogP contribution in [0.25, 0.3) is 0 Å². The van der Waals surface area contributed by atoms with E-state index in [1.807, 2.05) is 61.6 Å². The van der Waals surface area contributed by atoms with Crippen LogP contribution in [-0.2, 0) is 11.3 Å². The molecule has 0 bridgehead atoms. The maximum atomic E-state index is 13.6. The molecule has 1 heterocycles. The van der Waals surface area contributed by atoms with Crippen LogP contribution in [0.15, 0.2) is 78.9 Å². The van der Waals surface area contributed by atoms with Crippen LogP contribution in [0, 0.1) is 5.92 Å². The number of hydrogen-bond donors (Lipinski definition) is 0. The fourth-order valence-corrected chi connectivity index (χ4v) is 4.55. The van der Waals surface area contributed by atoms with Crippen molar-refractivity contribution in [2.75, 3.05) is 27.2 Å². The number of hydrogen-bond acceptors (Lipinski definition) is 3. The minimum absolute atomic E-state index is 0.0260. The number of carbonyl (C=O) groups is 2. The van der Waals surface area contributed by atoms with Gasteiger partial charge in [-0.2, -0.15) is 0 Å². The zero-order chi connectivity index (χ0) is 23.4. The van der Waals surface area contributed by atoms with Gasteiger partial charge < -0.3 is 14.5 Å². The number of ether oxygens (including phenoxy) is 1. The fraction of sp³-hybridized carbons (Fsp3) is 0.259. The fourth-order valence-electron chi connectivity index (χ4n) is 4.42. The zero-order valence-electron chi connectivity index (χ0n) is 18.8. The van der Waals surface area contributed by atoms with Crippen molar-refractivity contribution in [3.05, 3.63) is 101 Å². The van der Waals surface area contributed by atoms with Crippen LogP contribution in [0.3, 0.4) is 0 Å². The Labute approximate surface area is 199 Å². The van der Waals surface area contributed by atoms with E-state index in [2.05, 4.69) is 0 Å². The van der Waals surface area contributed by atoms with Crippen molar-refractivity contribution < 1.29 is 14.3 Å². The Bertz CT molecular complexity index is 1120. The lowest BCUT2D eigenvalue weighted by Gasteiger charge is -2.25. The predicted octanol–water partition coefficient (Wildman–Crippen LogP) is 4.86. The molecule has 1 fully saturated rings. The maximum Gasteiger partial charge on any atom is 0.253 e. The van der Waals surface area contributed by atoms with Crippen molar-refractivity contribution in [1.29, 1.82) is 0 Å². The molecule has 1 aliphatic rings. The standard InChI is InChI=1S/C27H27ClN2O3/c1-29(16-19-7-4-3-5-8-19)27(32)25-18-30(26(31)20-11-13-22(28)14-12-20)17-24(25)21-9-6-10-23(15-21)33-2/h3-15,24-25H,16-18H2,1-2H3. The molecule has 0 spiro atoms. The van der Waals surface area contributed by atoms with Crippen LogP contribution in [-0.4, -0.2) is 48.9 Å². The van der Waals surface area contributed by atoms with Gasteiger partial charge in [0.05, 0.1) is 13.0 Å². The monoisotopic (exact) mass is 462 g/mol. The van der Waals surface area contributed by atoms with Crippen molar-refractivity contribution in [2.45, 2.75) is 12.5 Å². The zero-order valence-corrected chi connectivity index (χ0v) is 19.5. The molecule has 3 aromatic rings. The van der Waals surface area contributed by atoms with Gasteiger partial charge in [-0.25, -0.2) is 0 Å². The first-order valence-electron chi connectivity index (χ1n) is 10.9. The normalized spacial score (nSPS) is 17.6. The number of carbonyl (C=O) groups excluding carboxylic acids is 2. The second kappa shape index (κ2) is 10.1. The molecular formula is C27H27ClN2O3. The Kier molecular flexibility index (Phi) is 6.99. The highest BCUT2D eigenvalue weighted by atomic mass is 35.5. The van der Waals surface area contributed by atoms with Crippen molar-refractivity contribution in [3.8, 4) is 5.75 Å². The molecule has 5 nitrogen and oxygen atoms in total. The SMILES string of the molecule is COc1cccc(C2CN(C(=O)c3ccc(Cl)cc3)CC2C(=O)N(C)Cc2ccccc2)c1. The molecular weight excluding hydrogens is 436 g/mol. The van der Waals surface area contributed by atoms with E-state index >= 15 is 0 Å². The van der Waals surface area contributed by atoms with Crippen molar-refractivity contribution in [2.24, 2.45) is 5.92 Å². The van der Waals surface area contributed by atoms with Crippen LogP contribution in [0.5, 0.6) is 5.75 Å². The predicted molar refractivity (Wildman–Crippen MR) is 129 cm³/mol. The van der Waals surface area contributed by atoms with E-state index in [0.717, 1.165) is 16.9 Å². The molecule has 6 heteroatoms. The summed E-state index contributed by atoms with van der Waals surface area (Å²) in [5.41, 5.74) is 2.63. The van der Waals surface area contributed by atoms with E-state index in [0.29, 0.717) is 30.2 Å². The van der Waals surface area contributed by atoms with Gasteiger partial charge in [-0.1, -0.05) is 54.1 Å². The molecule has 0 aliphatic carbocycles. The Morgan fingerprint density at radius 2 is 1.73 bits per heavy atom. The van der Waals surface area contributed by atoms with Crippen LogP contribution in [0.1, 0.15) is 27.4 Å². The first-order chi connectivity index (χ1) is 16.0. The maximum absolute atomic E-state index is 13.6. The van der Waals surface area contributed by atoms with Gasteiger partial charge in [-0.05, 0) is 47.5 Å². The quantitative estimate of drug-likeness (QED) is 0.525. The van der Waals surface area contributed by atoms with Gasteiger partial charge in [0.25, 0.3) is 5.91 Å². The average molecular weight is 463 g/mol. The second-order valence-electron chi connectivity index (χ2n) is 8.39. The highest BCUT2D eigenvalue weighted by Gasteiger charge is 2.41. The summed E-state index contributed by atoms with van der Waals surface area (Å²) >= 11 is 5.99. The van der Waals surface area contributed by atoms with Crippen molar-refractivity contribution in [1.82, 2.24) is 9.80 Å². The topological polar surface area (TPSA) is 49.9 Å². The highest BCUT2D eigenvalue weighted by Crippen LogP contribution is 2.36. The van der Waals surface area contributed by atoms with Gasteiger partial charge in [-0.15, -0.1) is 0 Å². The third-order valence-electron chi connectivity index (χ3n) is 6.18. The van der Waals surface area contributed by atoms with E-state index in [4.69, 9.17) is 16.3 Å². The average Bonchev–Trinajstić information content (AvgIpc) is 3.30. The van der Waals surface area contributed by atoms with Crippen LogP contribution in [0.2, 0.25) is 5.02 Å². The minimum Gasteiger partial charge on any atom is -0.497 e. The summed E-state index contributed by atoms with van der Waals surface area (Å²) in [7, 11) is 3.45. The molecule has 2 atom stereocenters. The molecule has 1 saturated heterocycles. The molecule has 33 heavy (non-hydrogen) atoms. The summed E-state index contributed by atoms with van der Waals surface area (Å²) in [5, 5.41) is 0.581. The summed E-state index contributed by atoms with van der Waals surface area (Å²) in [6, 6.07) is 24.5. The van der Waals surface area contributed by atoms with Crippen LogP contribution >= 0.6 is 11.6 Å². The number of halogens is 1. The van der Waals surface area contributed by atoms with Crippen LogP contribution in [0.4, 0.5) is 0 Å². The van der Waals surface area contributed by atoms with E-state index in [1.54, 1.807) is 41.2 Å². The van der Waals surface area contributed by atoms with E-state index in [9.17, 15) is 9.59 Å². The lowest BCUT2D eigenvalue weighted by atomic mass is 9.88. The largest absolute Gasteiger partial charge is 0.497 e. The van der Waals surface area contributed by atoms with E-state index < -0.39 is 0 Å². The molecule has 3 aromatic carbocycles. The second-order valence-corrected chi connectivity index (χ2v) is 8.82. The van der Waals surface area contributed by atoms with Gasteiger partial charge >= 0.3 is 0 Å². The van der Waals surface area contributed by atoms with Gasteiger partial charge in [0.2, 0.25) is 5.91 Å². The third-order valence-corrected chi connectivity index (χ3v) is 6.43. The molecule has 4 rings (SSSR count). The van der Waals surface area contributed by atoms with Crippen molar-refractivity contribution >= 4 is 23.4 Å². The van der Waals surface area contributed by atoms with E-state index in [1.165, 1.54) is 0 Å². The first kappa shape index (κ1) is 22.9. The summed E-state index contributed by atoms with van der Waals surface area (Å²) in [6.07, 6.45) is 0. The Morgan fingerprint density at radius 1 is 1.00 bits per heavy atom. The number of likely N-dealkylation sites (tertiary alicyclic amines) is 1. The smallest absolute Gasteiger partial charge is 0.253 e. The van der Waals surface area contributed by atoms with Gasteiger partial charge in [0.15, 0.2) is 0 Å². The number of benzene rings is 3. The summed E-state index contributed by atoms with van der Waals surface area (Å²) < 4.78 is 5.40. The van der Waals surface area contributed by atoms with Crippen molar-refractivity contribution in [3.63, 3.8) is 0 Å². The van der Waals surface area contributed by atoms with Gasteiger partial charge in [0, 0.05) is 43.2 Å². The summed E-state index contributed by atoms with van der Waals surface area (Å²) in [5.74, 6) is 0.196. The number of rotatable bonds is 6. The highest BCUT2D eigenvalue weighted by molar-refractivity contribution is 6.30. The molecule has 170 valence electrons. The molecule has 0 saturated carbocycles. The molecule has 0 aromatic heterocycles. The molecule has 2 amide bonds. The third kappa shape index (κ3) is 5.20. The number of nitrogens with zero attached hydrogens (tertiary/aromatic N) is 2. The lowest BCUT2D eigenvalue weighted by molar-refractivity contribution is -0.134. The number of amides is 2. The lowest BCUT2D eigenvalue weighted by Crippen LogP contribution is -2.36.